The lowest BCUT2D eigenvalue weighted by molar-refractivity contribution is 0.696. The van der Waals surface area contributed by atoms with Gasteiger partial charge >= 0.3 is 5.69 Å². The van der Waals surface area contributed by atoms with Crippen LogP contribution in [0.1, 0.15) is 24.6 Å². The Balaban J connectivity index is 2.16. The highest BCUT2D eigenvalue weighted by Crippen LogP contribution is 2.02. The van der Waals surface area contributed by atoms with Crippen LogP contribution in [0.3, 0.4) is 0 Å². The molecule has 2 rings (SSSR count). The van der Waals surface area contributed by atoms with Gasteiger partial charge in [0.15, 0.2) is 0 Å². The summed E-state index contributed by atoms with van der Waals surface area (Å²) < 4.78 is 1.40. The minimum Gasteiger partial charge on any atom is -0.369 e. The van der Waals surface area contributed by atoms with E-state index in [2.05, 4.69) is 27.2 Å². The van der Waals surface area contributed by atoms with E-state index < -0.39 is 5.69 Å². The van der Waals surface area contributed by atoms with E-state index in [4.69, 9.17) is 0 Å². The molecule has 2 aromatic rings. The molecule has 0 saturated carbocycles. The zero-order valence-electron chi connectivity index (χ0n) is 11.5. The van der Waals surface area contributed by atoms with Crippen molar-refractivity contribution in [2.45, 2.75) is 26.8 Å². The Labute approximate surface area is 115 Å². The molecule has 0 unspecified atom stereocenters. The van der Waals surface area contributed by atoms with E-state index >= 15 is 0 Å². The zero-order chi connectivity index (χ0) is 14.5. The van der Waals surface area contributed by atoms with Crippen LogP contribution in [0.5, 0.6) is 0 Å². The molecular weight excluding hydrogens is 258 g/mol. The first-order valence-electron chi connectivity index (χ1n) is 6.45. The quantitative estimate of drug-likeness (QED) is 0.829. The number of nitrogens with zero attached hydrogens (tertiary/aromatic N) is 3. The Morgan fingerprint density at radius 2 is 2.10 bits per heavy atom. The molecule has 106 valence electrons. The van der Waals surface area contributed by atoms with E-state index in [-0.39, 0.29) is 12.1 Å². The van der Waals surface area contributed by atoms with Crippen LogP contribution < -0.4 is 16.6 Å². The molecule has 0 fully saturated rings. The summed E-state index contributed by atoms with van der Waals surface area (Å²) in [6.45, 7) is 4.84. The molecular formula is C13H17N5O2. The summed E-state index contributed by atoms with van der Waals surface area (Å²) >= 11 is 0. The lowest BCUT2D eigenvalue weighted by atomic mass is 10.3. The van der Waals surface area contributed by atoms with E-state index in [1.54, 1.807) is 19.3 Å². The topological polar surface area (TPSA) is 92.7 Å². The van der Waals surface area contributed by atoms with Crippen LogP contribution in [0.25, 0.3) is 0 Å². The number of hydrogen-bond acceptors (Lipinski definition) is 5. The molecule has 0 atom stereocenters. The van der Waals surface area contributed by atoms with E-state index in [9.17, 15) is 9.59 Å². The second kappa shape index (κ2) is 6.14. The second-order valence-electron chi connectivity index (χ2n) is 4.52. The van der Waals surface area contributed by atoms with Gasteiger partial charge in [0.2, 0.25) is 0 Å². The van der Waals surface area contributed by atoms with Crippen molar-refractivity contribution in [2.75, 3.05) is 11.9 Å². The zero-order valence-corrected chi connectivity index (χ0v) is 11.5. The Kier molecular flexibility index (Phi) is 4.29. The number of aromatic nitrogens is 4. The Morgan fingerprint density at radius 3 is 2.75 bits per heavy atom. The molecule has 0 aliphatic rings. The first-order chi connectivity index (χ1) is 9.60. The molecule has 2 aromatic heterocycles. The summed E-state index contributed by atoms with van der Waals surface area (Å²) in [5.41, 5.74) is 0.325. The van der Waals surface area contributed by atoms with Gasteiger partial charge in [0.05, 0.1) is 24.6 Å². The number of aryl methyl sites for hydroxylation is 1. The second-order valence-corrected chi connectivity index (χ2v) is 4.52. The summed E-state index contributed by atoms with van der Waals surface area (Å²) in [6, 6.07) is 0. The molecule has 0 bridgehead atoms. The van der Waals surface area contributed by atoms with Crippen LogP contribution in [0.15, 0.2) is 28.2 Å². The van der Waals surface area contributed by atoms with Crippen molar-refractivity contribution in [3.05, 3.63) is 50.7 Å². The molecule has 0 aliphatic carbocycles. The van der Waals surface area contributed by atoms with Crippen molar-refractivity contribution in [3.8, 4) is 0 Å². The Hall–Kier alpha value is -2.44. The average molecular weight is 275 g/mol. The average Bonchev–Trinajstić information content (AvgIpc) is 2.44. The fourth-order valence-corrected chi connectivity index (χ4v) is 1.69. The van der Waals surface area contributed by atoms with Gasteiger partial charge in [0, 0.05) is 18.3 Å². The maximum absolute atomic E-state index is 11.7. The van der Waals surface area contributed by atoms with E-state index in [0.29, 0.717) is 17.1 Å². The summed E-state index contributed by atoms with van der Waals surface area (Å²) in [6.07, 6.45) is 5.78. The van der Waals surface area contributed by atoms with Crippen molar-refractivity contribution in [2.24, 2.45) is 0 Å². The predicted molar refractivity (Wildman–Crippen MR) is 76.0 cm³/mol. The third-order valence-corrected chi connectivity index (χ3v) is 2.78. The highest BCUT2D eigenvalue weighted by Gasteiger charge is 2.03. The lowest BCUT2D eigenvalue weighted by Crippen LogP contribution is -2.31. The van der Waals surface area contributed by atoms with Crippen LogP contribution in [0.2, 0.25) is 0 Å². The van der Waals surface area contributed by atoms with Crippen molar-refractivity contribution < 1.29 is 0 Å². The van der Waals surface area contributed by atoms with Crippen LogP contribution >= 0.6 is 0 Å². The van der Waals surface area contributed by atoms with Gasteiger partial charge in [-0.25, -0.2) is 9.78 Å². The largest absolute Gasteiger partial charge is 0.369 e. The summed E-state index contributed by atoms with van der Waals surface area (Å²) in [7, 11) is 0. The smallest absolute Gasteiger partial charge is 0.328 e. The minimum absolute atomic E-state index is 0.275. The molecule has 0 radical (unpaired) electrons. The van der Waals surface area contributed by atoms with Gasteiger partial charge < -0.3 is 5.32 Å². The third-order valence-electron chi connectivity index (χ3n) is 2.78. The molecule has 0 saturated heterocycles. The van der Waals surface area contributed by atoms with E-state index in [1.165, 1.54) is 10.8 Å². The summed E-state index contributed by atoms with van der Waals surface area (Å²) in [5.74, 6) is 0.709. The van der Waals surface area contributed by atoms with E-state index in [0.717, 1.165) is 13.0 Å². The molecule has 0 aromatic carbocycles. The van der Waals surface area contributed by atoms with Crippen LogP contribution in [-0.2, 0) is 6.54 Å². The van der Waals surface area contributed by atoms with Gasteiger partial charge in [-0.1, -0.05) is 6.92 Å². The summed E-state index contributed by atoms with van der Waals surface area (Å²) in [5, 5.41) is 3.12. The van der Waals surface area contributed by atoms with Gasteiger partial charge in [-0.05, 0) is 13.3 Å². The Morgan fingerprint density at radius 1 is 1.30 bits per heavy atom. The standard InChI is InChI=1S/C13H17N5O2/c1-3-4-14-11-6-15-10(5-16-11)8-18-7-9(2)12(19)17-13(18)20/h5-7H,3-4,8H2,1-2H3,(H,14,16)(H,17,19,20). The van der Waals surface area contributed by atoms with Crippen molar-refractivity contribution in [3.63, 3.8) is 0 Å². The van der Waals surface area contributed by atoms with Crippen LogP contribution in [-0.4, -0.2) is 26.1 Å². The molecule has 0 amide bonds. The van der Waals surface area contributed by atoms with Crippen molar-refractivity contribution >= 4 is 5.82 Å². The fourth-order valence-electron chi connectivity index (χ4n) is 1.69. The van der Waals surface area contributed by atoms with Crippen LogP contribution in [0, 0.1) is 6.92 Å². The molecule has 0 aliphatic heterocycles. The monoisotopic (exact) mass is 275 g/mol. The predicted octanol–water partition coefficient (Wildman–Crippen LogP) is 0.505. The first kappa shape index (κ1) is 14.0. The van der Waals surface area contributed by atoms with E-state index in [1.807, 2.05) is 0 Å². The fraction of sp³-hybridized carbons (Fsp3) is 0.385. The number of anilines is 1. The molecule has 2 N–H and O–H groups in total. The van der Waals surface area contributed by atoms with Crippen molar-refractivity contribution in [1.82, 2.24) is 19.5 Å². The highest BCUT2D eigenvalue weighted by molar-refractivity contribution is 5.30. The normalized spacial score (nSPS) is 10.5. The molecule has 7 nitrogen and oxygen atoms in total. The van der Waals surface area contributed by atoms with Crippen molar-refractivity contribution in [1.29, 1.82) is 0 Å². The maximum Gasteiger partial charge on any atom is 0.328 e. The first-order valence-corrected chi connectivity index (χ1v) is 6.45. The molecule has 0 spiro atoms. The lowest BCUT2D eigenvalue weighted by Gasteiger charge is -2.07. The highest BCUT2D eigenvalue weighted by atomic mass is 16.2. The molecule has 7 heteroatoms. The molecule has 20 heavy (non-hydrogen) atoms. The maximum atomic E-state index is 11.7. The third kappa shape index (κ3) is 3.31. The summed E-state index contributed by atoms with van der Waals surface area (Å²) in [4.78, 5) is 33.7. The molecule has 2 heterocycles. The number of H-pyrrole nitrogens is 1. The number of rotatable bonds is 5. The minimum atomic E-state index is -0.449. The van der Waals surface area contributed by atoms with Gasteiger partial charge in [-0.15, -0.1) is 0 Å². The number of hydrogen-bond donors (Lipinski definition) is 2. The Bertz CT molecular complexity index is 687. The SMILES string of the molecule is CCCNc1cnc(Cn2cc(C)c(=O)[nH]c2=O)cn1. The number of aromatic amines is 1. The van der Waals surface area contributed by atoms with Gasteiger partial charge in [0.1, 0.15) is 5.82 Å². The van der Waals surface area contributed by atoms with Crippen LogP contribution in [0.4, 0.5) is 5.82 Å². The van der Waals surface area contributed by atoms with Gasteiger partial charge in [0.25, 0.3) is 5.56 Å². The number of nitrogens with one attached hydrogen (secondary N) is 2. The van der Waals surface area contributed by atoms with Gasteiger partial charge in [-0.3, -0.25) is 19.3 Å². The van der Waals surface area contributed by atoms with Gasteiger partial charge in [-0.2, -0.15) is 0 Å².